The Balaban J connectivity index is 2.35. The summed E-state index contributed by atoms with van der Waals surface area (Å²) in [7, 11) is -6.69. The van der Waals surface area contributed by atoms with Crippen molar-refractivity contribution >= 4 is 50.5 Å². The zero-order valence-electron chi connectivity index (χ0n) is 25.5. The third kappa shape index (κ3) is 5.12. The maximum Gasteiger partial charge on any atom is 0.142 e. The van der Waals surface area contributed by atoms with E-state index < -0.39 is 29.8 Å². The van der Waals surface area contributed by atoms with Gasteiger partial charge in [-0.1, -0.05) is 183 Å². The molecule has 0 N–H and O–H groups in total. The lowest BCUT2D eigenvalue weighted by Crippen LogP contribution is -2.76. The molecule has 4 aromatic carbocycles. The van der Waals surface area contributed by atoms with E-state index in [0.717, 1.165) is 0 Å². The fourth-order valence-corrected chi connectivity index (χ4v) is 79.4. The Morgan fingerprint density at radius 2 is 0.590 bits per heavy atom. The van der Waals surface area contributed by atoms with Gasteiger partial charge in [0.25, 0.3) is 0 Å². The molecule has 0 heterocycles. The Morgan fingerprint density at radius 1 is 0.385 bits per heavy atom. The van der Waals surface area contributed by atoms with Gasteiger partial charge in [-0.3, -0.25) is 0 Å². The summed E-state index contributed by atoms with van der Waals surface area (Å²) in [6.07, 6.45) is 0. The zero-order valence-corrected chi connectivity index (χ0v) is 29.4. The molecule has 4 heteroatoms. The molecule has 0 bridgehead atoms. The second-order valence-corrected chi connectivity index (χ2v) is 43.2. The van der Waals surface area contributed by atoms with Crippen LogP contribution in [-0.2, 0) is 0 Å². The molecule has 4 aromatic rings. The number of benzene rings is 4. The average Bonchev–Trinajstić information content (AvgIpc) is 2.89. The van der Waals surface area contributed by atoms with Crippen LogP contribution in [0.2, 0.25) is 29.7 Å². The van der Waals surface area contributed by atoms with E-state index >= 15 is 0 Å². The molecule has 0 aliphatic heterocycles. The average molecular weight is 583 g/mol. The van der Waals surface area contributed by atoms with Crippen molar-refractivity contribution < 1.29 is 0 Å². The van der Waals surface area contributed by atoms with Crippen molar-refractivity contribution in [2.45, 2.75) is 71.3 Å². The van der Waals surface area contributed by atoms with E-state index in [1.54, 1.807) is 20.7 Å². The molecular formula is C35H47PSi3. The van der Waals surface area contributed by atoms with Crippen molar-refractivity contribution in [3.63, 3.8) is 0 Å². The third-order valence-corrected chi connectivity index (χ3v) is 59.3. The summed E-state index contributed by atoms with van der Waals surface area (Å²) < 4.78 is 0. The fraction of sp³-hybridized carbons (Fsp3) is 0.314. The van der Waals surface area contributed by atoms with Crippen LogP contribution in [0, 0.1) is 0 Å². The predicted octanol–water partition coefficient (Wildman–Crippen LogP) is 8.42. The molecule has 0 saturated carbocycles. The predicted molar refractivity (Wildman–Crippen MR) is 186 cm³/mol. The van der Waals surface area contributed by atoms with Gasteiger partial charge in [0.1, 0.15) is 15.5 Å². The van der Waals surface area contributed by atoms with Gasteiger partial charge in [-0.25, -0.2) is 0 Å². The highest BCUT2D eigenvalue weighted by molar-refractivity contribution is 8.41. The summed E-state index contributed by atoms with van der Waals surface area (Å²) >= 11 is 0. The van der Waals surface area contributed by atoms with Crippen LogP contribution in [0.1, 0.15) is 41.5 Å². The first-order valence-electron chi connectivity index (χ1n) is 14.3. The van der Waals surface area contributed by atoms with Gasteiger partial charge in [0.2, 0.25) is 0 Å². The van der Waals surface area contributed by atoms with Crippen molar-refractivity contribution in [2.24, 2.45) is 0 Å². The van der Waals surface area contributed by atoms with E-state index in [9.17, 15) is 0 Å². The van der Waals surface area contributed by atoms with Crippen LogP contribution >= 0.6 is 6.57 Å². The molecule has 204 valence electrons. The minimum atomic E-state index is -2.44. The summed E-state index contributed by atoms with van der Waals surface area (Å²) in [6.45, 7) is 23.1. The van der Waals surface area contributed by atoms with Crippen LogP contribution in [0.4, 0.5) is 0 Å². The first-order chi connectivity index (χ1) is 18.3. The summed E-state index contributed by atoms with van der Waals surface area (Å²) in [6, 6.07) is 47.2. The van der Waals surface area contributed by atoms with Gasteiger partial charge in [0.05, 0.1) is 7.74 Å². The summed E-state index contributed by atoms with van der Waals surface area (Å²) in [4.78, 5) is 0. The van der Waals surface area contributed by atoms with Gasteiger partial charge in [-0.2, -0.15) is 0 Å². The molecule has 0 aromatic heterocycles. The lowest BCUT2D eigenvalue weighted by atomic mass is 10.2. The Bertz CT molecular complexity index is 1150. The second kappa shape index (κ2) is 11.1. The molecule has 0 aliphatic carbocycles. The maximum absolute atomic E-state index is 2.71. The second-order valence-electron chi connectivity index (χ2n) is 13.9. The van der Waals surface area contributed by atoms with Crippen molar-refractivity contribution in [2.75, 3.05) is 0 Å². The van der Waals surface area contributed by atoms with Crippen LogP contribution in [0.25, 0.3) is 0 Å². The van der Waals surface area contributed by atoms with Crippen LogP contribution in [0.15, 0.2) is 121 Å². The molecule has 0 spiro atoms. The lowest BCUT2D eigenvalue weighted by molar-refractivity contribution is 0.740. The molecule has 0 nitrogen and oxygen atoms in total. The Kier molecular flexibility index (Phi) is 8.51. The molecule has 0 atom stereocenters. The Labute approximate surface area is 242 Å². The minimum Gasteiger partial charge on any atom is -0.121 e. The molecule has 0 fully saturated rings. The highest BCUT2D eigenvalue weighted by atomic mass is 31.8. The van der Waals surface area contributed by atoms with Gasteiger partial charge < -0.3 is 0 Å². The summed E-state index contributed by atoms with van der Waals surface area (Å²) in [5.41, 5.74) is 0. The maximum atomic E-state index is 2.71. The summed E-state index contributed by atoms with van der Waals surface area (Å²) in [5.74, 6) is 0. The first kappa shape index (κ1) is 29.9. The van der Waals surface area contributed by atoms with Crippen LogP contribution in [-0.4, -0.2) is 23.2 Å². The molecule has 0 aliphatic rings. The Morgan fingerprint density at radius 3 is 0.744 bits per heavy atom. The zero-order chi connectivity index (χ0) is 28.5. The van der Waals surface area contributed by atoms with Crippen molar-refractivity contribution in [3.05, 3.63) is 121 Å². The van der Waals surface area contributed by atoms with Crippen molar-refractivity contribution in [1.82, 2.24) is 0 Å². The van der Waals surface area contributed by atoms with E-state index in [4.69, 9.17) is 0 Å². The van der Waals surface area contributed by atoms with E-state index in [-0.39, 0.29) is 10.1 Å². The highest BCUT2D eigenvalue weighted by Crippen LogP contribution is 2.71. The van der Waals surface area contributed by atoms with Crippen molar-refractivity contribution in [1.29, 1.82) is 0 Å². The largest absolute Gasteiger partial charge is 0.142 e. The normalized spacial score (nSPS) is 13.5. The number of rotatable bonds is 7. The molecule has 39 heavy (non-hydrogen) atoms. The molecular weight excluding hydrogens is 536 g/mol. The van der Waals surface area contributed by atoms with Crippen LogP contribution in [0.3, 0.4) is 0 Å². The summed E-state index contributed by atoms with van der Waals surface area (Å²) in [5, 5.41) is 6.70. The molecule has 0 saturated heterocycles. The van der Waals surface area contributed by atoms with Gasteiger partial charge in [-0.15, -0.1) is 6.57 Å². The van der Waals surface area contributed by atoms with E-state index in [2.05, 4.69) is 183 Å². The molecule has 4 rings (SSSR count). The Hall–Kier alpha value is -2.04. The van der Waals surface area contributed by atoms with Gasteiger partial charge in [-0.05, 0) is 30.8 Å². The van der Waals surface area contributed by atoms with Crippen LogP contribution < -0.4 is 20.7 Å². The standard InChI is InChI=1S/C35H47PSi3/c1-34(2,3)38(30-22-14-10-15-23-30,31-24-16-11-17-25-31)36(37(7,8)9)39(35(4,5)6,32-26-18-12-19-27-32)33-28-20-13-21-29-33/h10-29H,1-9H3. The van der Waals surface area contributed by atoms with Gasteiger partial charge >= 0.3 is 0 Å². The van der Waals surface area contributed by atoms with Crippen molar-refractivity contribution in [3.8, 4) is 0 Å². The lowest BCUT2D eigenvalue weighted by Gasteiger charge is -2.63. The number of hydrogen-bond acceptors (Lipinski definition) is 0. The fourth-order valence-electron chi connectivity index (χ4n) is 7.23. The highest BCUT2D eigenvalue weighted by Gasteiger charge is 2.67. The van der Waals surface area contributed by atoms with Gasteiger partial charge in [0.15, 0.2) is 0 Å². The molecule has 0 unspecified atom stereocenters. The minimum absolute atomic E-state index is 0.120. The van der Waals surface area contributed by atoms with Gasteiger partial charge in [0, 0.05) is 0 Å². The first-order valence-corrected chi connectivity index (χ1v) is 25.7. The molecule has 0 radical (unpaired) electrons. The topological polar surface area (TPSA) is 0 Å². The monoisotopic (exact) mass is 582 g/mol. The third-order valence-electron chi connectivity index (χ3n) is 8.28. The number of hydrogen-bond donors (Lipinski definition) is 0. The van der Waals surface area contributed by atoms with E-state index in [1.807, 2.05) is 0 Å². The SMILES string of the molecule is CC(C)(C)[Si](c1ccccc1)(c1ccccc1)P([Si](C)(C)C)[Si](c1ccccc1)(c1ccccc1)C(C)(C)C. The quantitative estimate of drug-likeness (QED) is 0.152. The molecule has 0 amide bonds. The van der Waals surface area contributed by atoms with E-state index in [1.165, 1.54) is 0 Å². The smallest absolute Gasteiger partial charge is 0.121 e. The van der Waals surface area contributed by atoms with Crippen LogP contribution in [0.5, 0.6) is 0 Å². The van der Waals surface area contributed by atoms with E-state index in [0.29, 0.717) is 0 Å².